The quantitative estimate of drug-likeness (QED) is 0.795. The predicted molar refractivity (Wildman–Crippen MR) is 102 cm³/mol. The molecule has 0 saturated carbocycles. The molecule has 2 rings (SSSR count). The van der Waals surface area contributed by atoms with Gasteiger partial charge < -0.3 is 10.6 Å². The summed E-state index contributed by atoms with van der Waals surface area (Å²) in [6.07, 6.45) is 0.367. The van der Waals surface area contributed by atoms with E-state index in [9.17, 15) is 9.59 Å². The molecule has 2 N–H and O–H groups in total. The molecular formula is C21H26N2O2. The third-order valence-corrected chi connectivity index (χ3v) is 3.98. The topological polar surface area (TPSA) is 58.2 Å². The molecule has 0 aliphatic rings. The first-order valence-electron chi connectivity index (χ1n) is 8.69. The van der Waals surface area contributed by atoms with Crippen molar-refractivity contribution in [1.29, 1.82) is 0 Å². The molecule has 2 amide bonds. The Balaban J connectivity index is 2.02. The van der Waals surface area contributed by atoms with Gasteiger partial charge in [0.2, 0.25) is 5.91 Å². The van der Waals surface area contributed by atoms with Gasteiger partial charge in [-0.25, -0.2) is 0 Å². The maximum Gasteiger partial charge on any atom is 0.253 e. The lowest BCUT2D eigenvalue weighted by atomic mass is 9.97. The second kappa shape index (κ2) is 9.02. The van der Waals surface area contributed by atoms with Gasteiger partial charge in [-0.15, -0.1) is 0 Å². The monoisotopic (exact) mass is 338 g/mol. The van der Waals surface area contributed by atoms with Crippen LogP contribution in [0.2, 0.25) is 0 Å². The van der Waals surface area contributed by atoms with E-state index < -0.39 is 0 Å². The van der Waals surface area contributed by atoms with Crippen molar-refractivity contribution >= 4 is 17.5 Å². The average molecular weight is 338 g/mol. The molecule has 0 fully saturated rings. The summed E-state index contributed by atoms with van der Waals surface area (Å²) in [5.74, 6) is 0.224. The molecule has 0 saturated heterocycles. The van der Waals surface area contributed by atoms with E-state index in [0.29, 0.717) is 30.1 Å². The van der Waals surface area contributed by atoms with E-state index in [1.807, 2.05) is 57.2 Å². The lowest BCUT2D eigenvalue weighted by molar-refractivity contribution is -0.116. The largest absolute Gasteiger partial charge is 0.352 e. The number of anilines is 1. The van der Waals surface area contributed by atoms with Crippen LogP contribution in [0.3, 0.4) is 0 Å². The van der Waals surface area contributed by atoms with Crippen molar-refractivity contribution in [3.8, 4) is 0 Å². The molecule has 2 aromatic rings. The van der Waals surface area contributed by atoms with Crippen LogP contribution in [0.15, 0.2) is 54.6 Å². The molecule has 0 aliphatic carbocycles. The third kappa shape index (κ3) is 5.75. The number of rotatable bonds is 7. The fourth-order valence-electron chi connectivity index (χ4n) is 2.56. The van der Waals surface area contributed by atoms with Gasteiger partial charge in [-0.1, -0.05) is 63.2 Å². The summed E-state index contributed by atoms with van der Waals surface area (Å²) in [6, 6.07) is 17.0. The van der Waals surface area contributed by atoms with Crippen LogP contribution in [0.4, 0.5) is 5.69 Å². The zero-order chi connectivity index (χ0) is 18.2. The summed E-state index contributed by atoms with van der Waals surface area (Å²) in [4.78, 5) is 24.7. The first kappa shape index (κ1) is 18.7. The first-order valence-corrected chi connectivity index (χ1v) is 8.69. The molecule has 25 heavy (non-hydrogen) atoms. The SMILES string of the molecule is CC(C)CNC(=O)c1ccccc1NC(=O)CC(C)c1ccccc1. The van der Waals surface area contributed by atoms with Crippen LogP contribution in [-0.2, 0) is 4.79 Å². The van der Waals surface area contributed by atoms with Crippen LogP contribution < -0.4 is 10.6 Å². The fourth-order valence-corrected chi connectivity index (χ4v) is 2.56. The summed E-state index contributed by atoms with van der Waals surface area (Å²) in [5.41, 5.74) is 2.17. The Morgan fingerprint density at radius 2 is 1.56 bits per heavy atom. The van der Waals surface area contributed by atoms with Gasteiger partial charge in [0, 0.05) is 13.0 Å². The average Bonchev–Trinajstić information content (AvgIpc) is 2.60. The zero-order valence-electron chi connectivity index (χ0n) is 15.1. The second-order valence-electron chi connectivity index (χ2n) is 6.71. The molecule has 0 aliphatic heterocycles. The van der Waals surface area contributed by atoms with Crippen molar-refractivity contribution in [3.05, 3.63) is 65.7 Å². The molecule has 0 radical (unpaired) electrons. The smallest absolute Gasteiger partial charge is 0.253 e. The Morgan fingerprint density at radius 1 is 0.920 bits per heavy atom. The van der Waals surface area contributed by atoms with Gasteiger partial charge in [-0.2, -0.15) is 0 Å². The Labute approximate surface area is 149 Å². The van der Waals surface area contributed by atoms with Gasteiger partial charge >= 0.3 is 0 Å². The lowest BCUT2D eigenvalue weighted by Gasteiger charge is -2.15. The third-order valence-electron chi connectivity index (χ3n) is 3.98. The fraction of sp³-hybridized carbons (Fsp3) is 0.333. The number of para-hydroxylation sites is 1. The maximum absolute atomic E-state index is 12.4. The summed E-state index contributed by atoms with van der Waals surface area (Å²) >= 11 is 0. The highest BCUT2D eigenvalue weighted by molar-refractivity contribution is 6.03. The van der Waals surface area contributed by atoms with Crippen molar-refractivity contribution in [2.24, 2.45) is 5.92 Å². The van der Waals surface area contributed by atoms with Gasteiger partial charge in [-0.3, -0.25) is 9.59 Å². The molecular weight excluding hydrogens is 312 g/mol. The summed E-state index contributed by atoms with van der Waals surface area (Å²) in [6.45, 7) is 6.71. The second-order valence-corrected chi connectivity index (χ2v) is 6.71. The van der Waals surface area contributed by atoms with Gasteiger partial charge in [-0.05, 0) is 29.5 Å². The molecule has 0 heterocycles. The molecule has 0 aromatic heterocycles. The highest BCUT2D eigenvalue weighted by Gasteiger charge is 2.15. The Kier molecular flexibility index (Phi) is 6.75. The Morgan fingerprint density at radius 3 is 2.24 bits per heavy atom. The first-order chi connectivity index (χ1) is 12.0. The van der Waals surface area contributed by atoms with E-state index in [4.69, 9.17) is 0 Å². The van der Waals surface area contributed by atoms with E-state index in [0.717, 1.165) is 5.56 Å². The van der Waals surface area contributed by atoms with E-state index in [1.165, 1.54) is 0 Å². The molecule has 1 unspecified atom stereocenters. The zero-order valence-corrected chi connectivity index (χ0v) is 15.1. The predicted octanol–water partition coefficient (Wildman–Crippen LogP) is 4.20. The van der Waals surface area contributed by atoms with Crippen molar-refractivity contribution in [2.75, 3.05) is 11.9 Å². The molecule has 132 valence electrons. The number of nitrogens with one attached hydrogen (secondary N) is 2. The Bertz CT molecular complexity index is 711. The standard InChI is InChI=1S/C21H26N2O2/c1-15(2)14-22-21(25)18-11-7-8-12-19(18)23-20(24)13-16(3)17-9-5-4-6-10-17/h4-12,15-16H,13-14H2,1-3H3,(H,22,25)(H,23,24). The normalized spacial score (nSPS) is 11.8. The van der Waals surface area contributed by atoms with E-state index in [2.05, 4.69) is 10.6 Å². The minimum Gasteiger partial charge on any atom is -0.352 e. The van der Waals surface area contributed by atoms with Crippen molar-refractivity contribution < 1.29 is 9.59 Å². The maximum atomic E-state index is 12.4. The number of hydrogen-bond donors (Lipinski definition) is 2. The van der Waals surface area contributed by atoms with E-state index in [-0.39, 0.29) is 17.7 Å². The van der Waals surface area contributed by atoms with Gasteiger partial charge in [0.15, 0.2) is 0 Å². The highest BCUT2D eigenvalue weighted by Crippen LogP contribution is 2.21. The van der Waals surface area contributed by atoms with Crippen molar-refractivity contribution in [3.63, 3.8) is 0 Å². The lowest BCUT2D eigenvalue weighted by Crippen LogP contribution is -2.28. The van der Waals surface area contributed by atoms with Crippen molar-refractivity contribution in [1.82, 2.24) is 5.32 Å². The van der Waals surface area contributed by atoms with Crippen LogP contribution in [0, 0.1) is 5.92 Å². The van der Waals surface area contributed by atoms with Crippen molar-refractivity contribution in [2.45, 2.75) is 33.1 Å². The number of carbonyl (C=O) groups is 2. The van der Waals surface area contributed by atoms with Crippen LogP contribution in [0.1, 0.15) is 49.0 Å². The van der Waals surface area contributed by atoms with E-state index >= 15 is 0 Å². The van der Waals surface area contributed by atoms with Crippen LogP contribution >= 0.6 is 0 Å². The molecule has 1 atom stereocenters. The van der Waals surface area contributed by atoms with Crippen LogP contribution in [-0.4, -0.2) is 18.4 Å². The number of hydrogen-bond acceptors (Lipinski definition) is 2. The van der Waals surface area contributed by atoms with E-state index in [1.54, 1.807) is 18.2 Å². The number of carbonyl (C=O) groups excluding carboxylic acids is 2. The van der Waals surface area contributed by atoms with Gasteiger partial charge in [0.05, 0.1) is 11.3 Å². The molecule has 2 aromatic carbocycles. The minimum absolute atomic E-state index is 0.0968. The molecule has 4 heteroatoms. The Hall–Kier alpha value is -2.62. The number of amides is 2. The summed E-state index contributed by atoms with van der Waals surface area (Å²) in [5, 5.41) is 5.77. The van der Waals surface area contributed by atoms with Gasteiger partial charge in [0.1, 0.15) is 0 Å². The summed E-state index contributed by atoms with van der Waals surface area (Å²) in [7, 11) is 0. The van der Waals surface area contributed by atoms with Gasteiger partial charge in [0.25, 0.3) is 5.91 Å². The minimum atomic E-state index is -0.166. The number of benzene rings is 2. The van der Waals surface area contributed by atoms with Crippen LogP contribution in [0.25, 0.3) is 0 Å². The molecule has 0 bridgehead atoms. The van der Waals surface area contributed by atoms with Crippen LogP contribution in [0.5, 0.6) is 0 Å². The summed E-state index contributed by atoms with van der Waals surface area (Å²) < 4.78 is 0. The molecule has 4 nitrogen and oxygen atoms in total. The highest BCUT2D eigenvalue weighted by atomic mass is 16.2. The molecule has 0 spiro atoms.